The molecular formula is C14H22N4O. The van der Waals surface area contributed by atoms with Crippen molar-refractivity contribution >= 4 is 11.6 Å². The third-order valence-corrected chi connectivity index (χ3v) is 2.92. The molecule has 0 spiro atoms. The van der Waals surface area contributed by atoms with Crippen molar-refractivity contribution in [3.05, 3.63) is 36.7 Å². The molecule has 2 unspecified atom stereocenters. The van der Waals surface area contributed by atoms with Crippen LogP contribution in [0.15, 0.2) is 41.7 Å². The molecule has 0 saturated heterocycles. The number of primary amides is 1. The Morgan fingerprint density at radius 2 is 2.26 bits per heavy atom. The fraction of sp³-hybridized carbons (Fsp3) is 0.429. The molecule has 5 nitrogen and oxygen atoms in total. The van der Waals surface area contributed by atoms with E-state index in [4.69, 9.17) is 11.5 Å². The quantitative estimate of drug-likeness (QED) is 0.707. The molecule has 19 heavy (non-hydrogen) atoms. The van der Waals surface area contributed by atoms with E-state index >= 15 is 0 Å². The van der Waals surface area contributed by atoms with Gasteiger partial charge in [0.15, 0.2) is 0 Å². The van der Waals surface area contributed by atoms with Crippen LogP contribution in [-0.4, -0.2) is 28.7 Å². The van der Waals surface area contributed by atoms with E-state index in [0.717, 1.165) is 12.8 Å². The largest absolute Gasteiger partial charge is 0.364 e. The first-order chi connectivity index (χ1) is 9.11. The normalized spacial score (nSPS) is 21.1. The fourth-order valence-electron chi connectivity index (χ4n) is 1.88. The third-order valence-electron chi connectivity index (χ3n) is 2.92. The molecule has 1 heterocycles. The maximum absolute atomic E-state index is 11.2. The highest BCUT2D eigenvalue weighted by atomic mass is 16.1. The highest BCUT2D eigenvalue weighted by Crippen LogP contribution is 2.14. The van der Waals surface area contributed by atoms with Crippen LogP contribution in [0.25, 0.3) is 0 Å². The van der Waals surface area contributed by atoms with Gasteiger partial charge in [-0.05, 0) is 12.8 Å². The Balaban J connectivity index is 2.80. The lowest BCUT2D eigenvalue weighted by Gasteiger charge is -2.34. The number of hydrogen-bond donors (Lipinski definition) is 2. The van der Waals surface area contributed by atoms with E-state index in [1.165, 1.54) is 0 Å². The number of carbonyl (C=O) groups excluding carboxylic acids is 1. The Kier molecular flexibility index (Phi) is 6.02. The monoisotopic (exact) mass is 262 g/mol. The Morgan fingerprint density at radius 1 is 1.53 bits per heavy atom. The highest BCUT2D eigenvalue weighted by Gasteiger charge is 2.27. The van der Waals surface area contributed by atoms with Crippen molar-refractivity contribution in [2.75, 3.05) is 0 Å². The first-order valence-electron chi connectivity index (χ1n) is 6.52. The summed E-state index contributed by atoms with van der Waals surface area (Å²) < 4.78 is 0. The SMILES string of the molecule is CCC=CC=CC(CC)N1C=CN=C(C(N)=O)C1N. The van der Waals surface area contributed by atoms with Crippen LogP contribution in [0.4, 0.5) is 0 Å². The van der Waals surface area contributed by atoms with E-state index < -0.39 is 12.1 Å². The van der Waals surface area contributed by atoms with Gasteiger partial charge in [0.1, 0.15) is 11.9 Å². The zero-order valence-corrected chi connectivity index (χ0v) is 11.5. The van der Waals surface area contributed by atoms with Gasteiger partial charge in [-0.15, -0.1) is 0 Å². The average molecular weight is 262 g/mol. The molecule has 1 aliphatic rings. The van der Waals surface area contributed by atoms with Gasteiger partial charge in [-0.25, -0.2) is 0 Å². The van der Waals surface area contributed by atoms with Crippen LogP contribution in [0.3, 0.4) is 0 Å². The van der Waals surface area contributed by atoms with Crippen LogP contribution in [0.2, 0.25) is 0 Å². The van der Waals surface area contributed by atoms with Crippen LogP contribution in [0.1, 0.15) is 26.7 Å². The van der Waals surface area contributed by atoms with Crippen LogP contribution in [0, 0.1) is 0 Å². The highest BCUT2D eigenvalue weighted by molar-refractivity contribution is 6.40. The van der Waals surface area contributed by atoms with E-state index in [2.05, 4.69) is 31.0 Å². The van der Waals surface area contributed by atoms with Gasteiger partial charge in [-0.1, -0.05) is 38.2 Å². The summed E-state index contributed by atoms with van der Waals surface area (Å²) in [7, 11) is 0. The number of allylic oxidation sites excluding steroid dienone is 3. The molecule has 0 radical (unpaired) electrons. The molecule has 0 bridgehead atoms. The minimum atomic E-state index is -0.591. The molecule has 0 aromatic rings. The predicted molar refractivity (Wildman–Crippen MR) is 78.2 cm³/mol. The third kappa shape index (κ3) is 4.06. The molecule has 4 N–H and O–H groups in total. The molecule has 104 valence electrons. The van der Waals surface area contributed by atoms with Gasteiger partial charge < -0.3 is 16.4 Å². The topological polar surface area (TPSA) is 84.7 Å². The lowest BCUT2D eigenvalue weighted by Crippen LogP contribution is -2.54. The van der Waals surface area contributed by atoms with Crippen molar-refractivity contribution < 1.29 is 4.79 Å². The number of nitrogens with two attached hydrogens (primary N) is 2. The first-order valence-corrected chi connectivity index (χ1v) is 6.52. The second-order valence-electron chi connectivity index (χ2n) is 4.27. The van der Waals surface area contributed by atoms with Crippen molar-refractivity contribution in [1.29, 1.82) is 0 Å². The molecule has 1 amide bonds. The molecule has 5 heteroatoms. The molecule has 0 aliphatic carbocycles. The summed E-state index contributed by atoms with van der Waals surface area (Å²) in [5.41, 5.74) is 11.5. The molecule has 1 aliphatic heterocycles. The van der Waals surface area contributed by atoms with E-state index in [-0.39, 0.29) is 11.8 Å². The lowest BCUT2D eigenvalue weighted by atomic mass is 10.1. The Hall–Kier alpha value is -1.88. The smallest absolute Gasteiger partial charge is 0.266 e. The summed E-state index contributed by atoms with van der Waals surface area (Å²) in [6.45, 7) is 4.15. The van der Waals surface area contributed by atoms with Gasteiger partial charge in [0, 0.05) is 18.4 Å². The fourth-order valence-corrected chi connectivity index (χ4v) is 1.88. The van der Waals surface area contributed by atoms with Gasteiger partial charge in [0.25, 0.3) is 5.91 Å². The average Bonchev–Trinajstić information content (AvgIpc) is 2.39. The summed E-state index contributed by atoms with van der Waals surface area (Å²) in [6.07, 6.45) is 12.8. The lowest BCUT2D eigenvalue weighted by molar-refractivity contribution is -0.112. The number of hydrogen-bond acceptors (Lipinski definition) is 4. The van der Waals surface area contributed by atoms with Crippen molar-refractivity contribution in [1.82, 2.24) is 4.90 Å². The van der Waals surface area contributed by atoms with E-state index in [1.54, 1.807) is 12.4 Å². The Labute approximate surface area is 114 Å². The predicted octanol–water partition coefficient (Wildman–Crippen LogP) is 1.29. The van der Waals surface area contributed by atoms with Crippen LogP contribution in [-0.2, 0) is 4.79 Å². The van der Waals surface area contributed by atoms with E-state index in [0.29, 0.717) is 0 Å². The number of rotatable bonds is 6. The van der Waals surface area contributed by atoms with Crippen LogP contribution < -0.4 is 11.5 Å². The van der Waals surface area contributed by atoms with Gasteiger partial charge in [-0.2, -0.15) is 0 Å². The molecule has 0 aromatic carbocycles. The Bertz CT molecular complexity index is 423. The maximum Gasteiger partial charge on any atom is 0.266 e. The molecule has 0 fully saturated rings. The van der Waals surface area contributed by atoms with Crippen LogP contribution in [0.5, 0.6) is 0 Å². The zero-order chi connectivity index (χ0) is 14.3. The van der Waals surface area contributed by atoms with Crippen LogP contribution >= 0.6 is 0 Å². The van der Waals surface area contributed by atoms with Gasteiger partial charge in [-0.3, -0.25) is 9.79 Å². The zero-order valence-electron chi connectivity index (χ0n) is 11.5. The molecule has 0 aromatic heterocycles. The summed E-state index contributed by atoms with van der Waals surface area (Å²) in [4.78, 5) is 17.1. The number of nitrogens with zero attached hydrogens (tertiary/aromatic N) is 2. The van der Waals surface area contributed by atoms with Crippen molar-refractivity contribution in [2.45, 2.75) is 38.9 Å². The standard InChI is InChI=1S/C14H22N4O/c1-3-5-6-7-8-11(4-2)18-10-9-17-12(13(18)15)14(16)19/h5-11,13H,3-4,15H2,1-2H3,(H2,16,19). The minimum Gasteiger partial charge on any atom is -0.364 e. The van der Waals surface area contributed by atoms with E-state index in [9.17, 15) is 4.79 Å². The van der Waals surface area contributed by atoms with E-state index in [1.807, 2.05) is 17.1 Å². The molecular weight excluding hydrogens is 240 g/mol. The summed E-state index contributed by atoms with van der Waals surface area (Å²) in [5.74, 6) is -0.577. The van der Waals surface area contributed by atoms with Crippen molar-refractivity contribution in [3.63, 3.8) is 0 Å². The molecule has 1 rings (SSSR count). The summed E-state index contributed by atoms with van der Waals surface area (Å²) in [6, 6.07) is 0.109. The van der Waals surface area contributed by atoms with Crippen molar-refractivity contribution in [2.24, 2.45) is 16.5 Å². The first kappa shape index (κ1) is 15.2. The summed E-state index contributed by atoms with van der Waals surface area (Å²) >= 11 is 0. The maximum atomic E-state index is 11.2. The molecule has 0 saturated carbocycles. The number of amides is 1. The van der Waals surface area contributed by atoms with Gasteiger partial charge in [0.2, 0.25) is 0 Å². The Morgan fingerprint density at radius 3 is 2.84 bits per heavy atom. The number of carbonyl (C=O) groups is 1. The summed E-state index contributed by atoms with van der Waals surface area (Å²) in [5, 5.41) is 0. The second-order valence-corrected chi connectivity index (χ2v) is 4.27. The molecule has 2 atom stereocenters. The second kappa shape index (κ2) is 7.53. The van der Waals surface area contributed by atoms with Gasteiger partial charge in [0.05, 0.1) is 0 Å². The number of aliphatic imine (C=N–C) groups is 1. The van der Waals surface area contributed by atoms with Crippen molar-refractivity contribution in [3.8, 4) is 0 Å². The van der Waals surface area contributed by atoms with Gasteiger partial charge >= 0.3 is 0 Å². The minimum absolute atomic E-state index is 0.109.